The average Bonchev–Trinajstić information content (AvgIpc) is 3.00. The quantitative estimate of drug-likeness (QED) is 0.211. The van der Waals surface area contributed by atoms with E-state index in [1.165, 1.54) is 32.2 Å². The van der Waals surface area contributed by atoms with Gasteiger partial charge in [-0.1, -0.05) is 12.1 Å². The topological polar surface area (TPSA) is 180 Å². The summed E-state index contributed by atoms with van der Waals surface area (Å²) < 4.78 is 50.7. The molecule has 1 fully saturated rings. The first-order valence-corrected chi connectivity index (χ1v) is 14.7. The van der Waals surface area contributed by atoms with E-state index < -0.39 is 66.2 Å². The maximum absolute atomic E-state index is 13.2. The Morgan fingerprint density at radius 1 is 0.915 bits per heavy atom. The zero-order chi connectivity index (χ0) is 34.3. The van der Waals surface area contributed by atoms with Gasteiger partial charge < -0.3 is 47.9 Å². The number of fused-ring (bicyclic) bond motifs is 1. The molecule has 1 amide bonds. The lowest BCUT2D eigenvalue weighted by atomic mass is 9.97. The Hall–Kier alpha value is -5.05. The number of esters is 4. The van der Waals surface area contributed by atoms with Gasteiger partial charge in [0.25, 0.3) is 5.91 Å². The number of nitrogens with one attached hydrogen (secondary N) is 1. The average molecular weight is 660 g/mol. The van der Waals surface area contributed by atoms with Crippen LogP contribution in [0.25, 0.3) is 0 Å². The van der Waals surface area contributed by atoms with E-state index in [2.05, 4.69) is 5.32 Å². The molecule has 1 N–H and O–H groups in total. The van der Waals surface area contributed by atoms with E-state index in [-0.39, 0.29) is 36.7 Å². The number of amides is 1. The smallest absolute Gasteiger partial charge is 0.306 e. The molecule has 5 unspecified atom stereocenters. The van der Waals surface area contributed by atoms with Crippen LogP contribution in [0.5, 0.6) is 23.0 Å². The lowest BCUT2D eigenvalue weighted by molar-refractivity contribution is -0.343. The van der Waals surface area contributed by atoms with Crippen LogP contribution in [0.3, 0.4) is 0 Å². The normalized spacial score (nSPS) is 21.7. The van der Waals surface area contributed by atoms with E-state index >= 15 is 0 Å². The number of ether oxygens (including phenoxy) is 9. The predicted octanol–water partition coefficient (Wildman–Crippen LogP) is 2.46. The molecule has 15 nitrogen and oxygen atoms in total. The third-order valence-electron chi connectivity index (χ3n) is 7.03. The van der Waals surface area contributed by atoms with Crippen LogP contribution in [-0.4, -0.2) is 86.5 Å². The molecule has 2 aromatic rings. The van der Waals surface area contributed by atoms with Crippen molar-refractivity contribution in [2.75, 3.05) is 20.3 Å². The molecule has 0 spiro atoms. The zero-order valence-corrected chi connectivity index (χ0v) is 26.8. The standard InChI is InChI=1S/C32H37NO14/c1-17(28-16-41-24-9-7-8-10-25(24)44-28)33-30(38)22-11-12-26(27(13-22)39-6)45-31-29(42-19(3)35)32(46-20(4)36,47-21(5)37)14-23(43-31)15-40-18(2)34/h7-13,17,23,28-29,31H,14-16H2,1-6H3,(H,33,38). The summed E-state index contributed by atoms with van der Waals surface area (Å²) in [5, 5.41) is 2.89. The Balaban J connectivity index is 1.58. The van der Waals surface area contributed by atoms with Gasteiger partial charge in [-0.3, -0.25) is 24.0 Å². The highest BCUT2D eigenvalue weighted by molar-refractivity contribution is 5.95. The Morgan fingerprint density at radius 2 is 1.60 bits per heavy atom. The van der Waals surface area contributed by atoms with Gasteiger partial charge in [0, 0.05) is 33.3 Å². The van der Waals surface area contributed by atoms with E-state index in [9.17, 15) is 24.0 Å². The molecule has 2 heterocycles. The first kappa shape index (κ1) is 34.8. The van der Waals surface area contributed by atoms with E-state index in [0.717, 1.165) is 20.8 Å². The predicted molar refractivity (Wildman–Crippen MR) is 159 cm³/mol. The molecule has 0 aromatic heterocycles. The summed E-state index contributed by atoms with van der Waals surface area (Å²) in [7, 11) is 1.34. The van der Waals surface area contributed by atoms with Gasteiger partial charge in [-0.2, -0.15) is 0 Å². The number of methoxy groups -OCH3 is 1. The monoisotopic (exact) mass is 659 g/mol. The molecular formula is C32H37NO14. The minimum Gasteiger partial charge on any atom is -0.493 e. The van der Waals surface area contributed by atoms with Gasteiger partial charge in [0.15, 0.2) is 29.1 Å². The minimum atomic E-state index is -2.22. The fourth-order valence-corrected chi connectivity index (χ4v) is 5.08. The van der Waals surface area contributed by atoms with Gasteiger partial charge in [0.2, 0.25) is 12.4 Å². The van der Waals surface area contributed by atoms with Crippen molar-refractivity contribution in [2.24, 2.45) is 0 Å². The maximum atomic E-state index is 13.2. The SMILES string of the molecule is COc1cc(C(=O)NC(C)C2COc3ccccc3O2)ccc1OC1OC(COC(C)=O)CC(OC(C)=O)(OC(C)=O)C1OC(C)=O. The molecular weight excluding hydrogens is 622 g/mol. The second-order valence-electron chi connectivity index (χ2n) is 10.8. The molecule has 2 aromatic carbocycles. The lowest BCUT2D eigenvalue weighted by Crippen LogP contribution is -2.64. The zero-order valence-electron chi connectivity index (χ0n) is 26.8. The van der Waals surface area contributed by atoms with Gasteiger partial charge in [-0.05, 0) is 37.3 Å². The van der Waals surface area contributed by atoms with Crippen molar-refractivity contribution in [1.29, 1.82) is 0 Å². The van der Waals surface area contributed by atoms with Crippen molar-refractivity contribution in [1.82, 2.24) is 5.32 Å². The van der Waals surface area contributed by atoms with Crippen molar-refractivity contribution in [3.63, 3.8) is 0 Å². The highest BCUT2D eigenvalue weighted by atomic mass is 16.8. The second kappa shape index (κ2) is 15.0. The van der Waals surface area contributed by atoms with E-state index in [0.29, 0.717) is 11.5 Å². The van der Waals surface area contributed by atoms with Gasteiger partial charge in [0.1, 0.15) is 19.3 Å². The summed E-state index contributed by atoms with van der Waals surface area (Å²) in [6.45, 7) is 6.09. The van der Waals surface area contributed by atoms with E-state index in [4.69, 9.17) is 42.6 Å². The van der Waals surface area contributed by atoms with Crippen molar-refractivity contribution < 1.29 is 66.6 Å². The van der Waals surface area contributed by atoms with Crippen LogP contribution >= 0.6 is 0 Å². The van der Waals surface area contributed by atoms with Crippen molar-refractivity contribution >= 4 is 29.8 Å². The largest absolute Gasteiger partial charge is 0.493 e. The third kappa shape index (κ3) is 8.82. The number of rotatable bonds is 11. The van der Waals surface area contributed by atoms with Crippen LogP contribution in [0.2, 0.25) is 0 Å². The molecule has 254 valence electrons. The van der Waals surface area contributed by atoms with Crippen LogP contribution in [0.4, 0.5) is 0 Å². The Kier molecular flexibility index (Phi) is 11.1. The molecule has 0 bridgehead atoms. The van der Waals surface area contributed by atoms with Crippen LogP contribution < -0.4 is 24.3 Å². The number of carbonyl (C=O) groups is 5. The molecule has 2 aliphatic heterocycles. The summed E-state index contributed by atoms with van der Waals surface area (Å²) in [6, 6.07) is 11.1. The van der Waals surface area contributed by atoms with Gasteiger partial charge in [-0.25, -0.2) is 0 Å². The van der Waals surface area contributed by atoms with E-state index in [1.54, 1.807) is 19.1 Å². The van der Waals surface area contributed by atoms with Crippen molar-refractivity contribution in [3.8, 4) is 23.0 Å². The van der Waals surface area contributed by atoms with Crippen molar-refractivity contribution in [3.05, 3.63) is 48.0 Å². The molecule has 4 rings (SSSR count). The number of benzene rings is 2. The number of hydrogen-bond donors (Lipinski definition) is 1. The second-order valence-corrected chi connectivity index (χ2v) is 10.8. The van der Waals surface area contributed by atoms with Crippen molar-refractivity contribution in [2.45, 2.75) is 77.5 Å². The Morgan fingerprint density at radius 3 is 2.21 bits per heavy atom. The lowest BCUT2D eigenvalue weighted by Gasteiger charge is -2.46. The Labute approximate surface area is 270 Å². The van der Waals surface area contributed by atoms with Crippen LogP contribution in [0.1, 0.15) is 51.4 Å². The number of hydrogen-bond acceptors (Lipinski definition) is 14. The highest BCUT2D eigenvalue weighted by Crippen LogP contribution is 2.40. The third-order valence-corrected chi connectivity index (χ3v) is 7.03. The molecule has 0 aliphatic carbocycles. The first-order valence-electron chi connectivity index (χ1n) is 14.7. The molecule has 5 atom stereocenters. The highest BCUT2D eigenvalue weighted by Gasteiger charge is 2.59. The molecule has 47 heavy (non-hydrogen) atoms. The van der Waals surface area contributed by atoms with Crippen LogP contribution in [-0.2, 0) is 42.9 Å². The van der Waals surface area contributed by atoms with E-state index in [1.807, 2.05) is 12.1 Å². The fraction of sp³-hybridized carbons (Fsp3) is 0.469. The Bertz CT molecular complexity index is 1480. The van der Waals surface area contributed by atoms with Gasteiger partial charge in [0.05, 0.1) is 19.6 Å². The minimum absolute atomic E-state index is 0.0209. The molecule has 0 saturated carbocycles. The summed E-state index contributed by atoms with van der Waals surface area (Å²) in [5.74, 6) is -4.56. The van der Waals surface area contributed by atoms with Crippen LogP contribution in [0.15, 0.2) is 42.5 Å². The van der Waals surface area contributed by atoms with Gasteiger partial charge >= 0.3 is 29.7 Å². The number of carbonyl (C=O) groups excluding carboxylic acids is 5. The van der Waals surface area contributed by atoms with Crippen LogP contribution in [0, 0.1) is 0 Å². The molecule has 15 heteroatoms. The summed E-state index contributed by atoms with van der Waals surface area (Å²) in [4.78, 5) is 61.4. The summed E-state index contributed by atoms with van der Waals surface area (Å²) in [6.07, 6.45) is -5.10. The summed E-state index contributed by atoms with van der Waals surface area (Å²) in [5.41, 5.74) is 0.209. The molecule has 2 aliphatic rings. The molecule has 0 radical (unpaired) electrons. The first-order chi connectivity index (χ1) is 22.3. The molecule has 1 saturated heterocycles. The maximum Gasteiger partial charge on any atom is 0.306 e. The number of para-hydroxylation sites is 2. The fourth-order valence-electron chi connectivity index (χ4n) is 5.08. The van der Waals surface area contributed by atoms with Gasteiger partial charge in [-0.15, -0.1) is 0 Å². The summed E-state index contributed by atoms with van der Waals surface area (Å²) >= 11 is 0.